The van der Waals surface area contributed by atoms with E-state index < -0.39 is 6.10 Å². The Morgan fingerprint density at radius 3 is 2.71 bits per heavy atom. The second kappa shape index (κ2) is 5.31. The van der Waals surface area contributed by atoms with Crippen molar-refractivity contribution in [3.63, 3.8) is 0 Å². The Bertz CT molecular complexity index is 422. The van der Waals surface area contributed by atoms with Crippen molar-refractivity contribution in [3.05, 3.63) is 22.6 Å². The molecule has 0 saturated carbocycles. The summed E-state index contributed by atoms with van der Waals surface area (Å²) in [5, 5.41) is 13.3. The summed E-state index contributed by atoms with van der Waals surface area (Å²) in [5.41, 5.74) is 0.755. The maximum Gasteiger partial charge on any atom is 0.268 e. The first-order valence-electron chi connectivity index (χ1n) is 6.17. The molecule has 0 aliphatic carbocycles. The SMILES string of the molecule is C[C@H](O)Cn1ncc(N2CCCCC2)cc1=O. The van der Waals surface area contributed by atoms with Gasteiger partial charge in [0.05, 0.1) is 24.5 Å². The van der Waals surface area contributed by atoms with E-state index in [-0.39, 0.29) is 12.1 Å². The van der Waals surface area contributed by atoms with Gasteiger partial charge in [-0.2, -0.15) is 5.10 Å². The molecule has 2 heterocycles. The highest BCUT2D eigenvalue weighted by atomic mass is 16.3. The lowest BCUT2D eigenvalue weighted by molar-refractivity contribution is 0.166. The lowest BCUT2D eigenvalue weighted by Gasteiger charge is -2.28. The average molecular weight is 237 g/mol. The molecule has 0 amide bonds. The third-order valence-corrected chi connectivity index (χ3v) is 3.01. The van der Waals surface area contributed by atoms with Crippen molar-refractivity contribution in [2.75, 3.05) is 18.0 Å². The summed E-state index contributed by atoms with van der Waals surface area (Å²) >= 11 is 0. The third-order valence-electron chi connectivity index (χ3n) is 3.01. The fraction of sp³-hybridized carbons (Fsp3) is 0.667. The summed E-state index contributed by atoms with van der Waals surface area (Å²) in [5.74, 6) is 0. The van der Waals surface area contributed by atoms with Crippen molar-refractivity contribution in [3.8, 4) is 0 Å². The van der Waals surface area contributed by atoms with Crippen LogP contribution in [0.25, 0.3) is 0 Å². The van der Waals surface area contributed by atoms with Crippen molar-refractivity contribution in [1.82, 2.24) is 9.78 Å². The Labute approximate surface area is 101 Å². The predicted octanol–water partition coefficient (Wildman–Crippen LogP) is 0.614. The number of aliphatic hydroxyl groups excluding tert-OH is 1. The minimum absolute atomic E-state index is 0.144. The topological polar surface area (TPSA) is 58.4 Å². The van der Waals surface area contributed by atoms with Gasteiger partial charge in [-0.15, -0.1) is 0 Å². The van der Waals surface area contributed by atoms with Gasteiger partial charge in [0.2, 0.25) is 0 Å². The minimum atomic E-state index is -0.555. The Kier molecular flexibility index (Phi) is 3.78. The average Bonchev–Trinajstić information content (AvgIpc) is 2.32. The molecule has 2 rings (SSSR count). The second-order valence-corrected chi connectivity index (χ2v) is 4.63. The van der Waals surface area contributed by atoms with E-state index in [1.54, 1.807) is 19.2 Å². The Morgan fingerprint density at radius 1 is 1.41 bits per heavy atom. The van der Waals surface area contributed by atoms with E-state index in [4.69, 9.17) is 0 Å². The molecule has 1 aliphatic heterocycles. The molecule has 1 N–H and O–H groups in total. The molecule has 1 aliphatic rings. The number of piperidine rings is 1. The molecule has 94 valence electrons. The molecular weight excluding hydrogens is 218 g/mol. The van der Waals surface area contributed by atoms with E-state index in [0.29, 0.717) is 0 Å². The van der Waals surface area contributed by atoms with Gasteiger partial charge in [0.15, 0.2) is 0 Å². The normalized spacial score (nSPS) is 18.1. The van der Waals surface area contributed by atoms with Crippen LogP contribution in [0.2, 0.25) is 0 Å². The Balaban J connectivity index is 2.15. The summed E-state index contributed by atoms with van der Waals surface area (Å²) < 4.78 is 1.30. The fourth-order valence-electron chi connectivity index (χ4n) is 2.14. The van der Waals surface area contributed by atoms with Crippen LogP contribution in [-0.4, -0.2) is 34.1 Å². The van der Waals surface area contributed by atoms with Gasteiger partial charge in [-0.05, 0) is 26.2 Å². The molecule has 1 atom stereocenters. The summed E-state index contributed by atoms with van der Waals surface area (Å²) in [7, 11) is 0. The van der Waals surface area contributed by atoms with Gasteiger partial charge in [0, 0.05) is 19.2 Å². The maximum absolute atomic E-state index is 11.8. The highest BCUT2D eigenvalue weighted by molar-refractivity contribution is 5.43. The highest BCUT2D eigenvalue weighted by Crippen LogP contribution is 2.16. The second-order valence-electron chi connectivity index (χ2n) is 4.63. The van der Waals surface area contributed by atoms with Crippen LogP contribution in [-0.2, 0) is 6.54 Å². The van der Waals surface area contributed by atoms with Crippen molar-refractivity contribution >= 4 is 5.69 Å². The molecular formula is C12H19N3O2. The first kappa shape index (κ1) is 12.1. The smallest absolute Gasteiger partial charge is 0.268 e. The molecule has 0 bridgehead atoms. The van der Waals surface area contributed by atoms with Crippen molar-refractivity contribution < 1.29 is 5.11 Å². The zero-order chi connectivity index (χ0) is 12.3. The summed E-state index contributed by atoms with van der Waals surface area (Å²) in [4.78, 5) is 14.0. The number of hydrogen-bond donors (Lipinski definition) is 1. The van der Waals surface area contributed by atoms with Crippen LogP contribution >= 0.6 is 0 Å². The summed E-state index contributed by atoms with van der Waals surface area (Å²) in [6.07, 6.45) is 4.78. The molecule has 5 heteroatoms. The number of aromatic nitrogens is 2. The lowest BCUT2D eigenvalue weighted by Crippen LogP contribution is -2.33. The molecule has 1 saturated heterocycles. The molecule has 0 aromatic carbocycles. The Morgan fingerprint density at radius 2 is 2.12 bits per heavy atom. The number of anilines is 1. The minimum Gasteiger partial charge on any atom is -0.391 e. The Hall–Kier alpha value is -1.36. The fourth-order valence-corrected chi connectivity index (χ4v) is 2.14. The summed E-state index contributed by atoms with van der Waals surface area (Å²) in [6, 6.07) is 1.61. The monoisotopic (exact) mass is 237 g/mol. The van der Waals surface area contributed by atoms with Gasteiger partial charge in [-0.25, -0.2) is 4.68 Å². The molecule has 1 aromatic rings. The predicted molar refractivity (Wildman–Crippen MR) is 66.2 cm³/mol. The van der Waals surface area contributed by atoms with Gasteiger partial charge in [-0.1, -0.05) is 0 Å². The molecule has 5 nitrogen and oxygen atoms in total. The molecule has 17 heavy (non-hydrogen) atoms. The van der Waals surface area contributed by atoms with Crippen LogP contribution in [0.15, 0.2) is 17.1 Å². The van der Waals surface area contributed by atoms with E-state index in [9.17, 15) is 9.90 Å². The number of hydrogen-bond acceptors (Lipinski definition) is 4. The molecule has 0 unspecified atom stereocenters. The third kappa shape index (κ3) is 3.06. The van der Waals surface area contributed by atoms with Gasteiger partial charge >= 0.3 is 0 Å². The lowest BCUT2D eigenvalue weighted by atomic mass is 10.1. The molecule has 1 aromatic heterocycles. The van der Waals surface area contributed by atoms with Crippen LogP contribution in [0.3, 0.4) is 0 Å². The van der Waals surface area contributed by atoms with Gasteiger partial charge in [0.1, 0.15) is 0 Å². The standard InChI is InChI=1S/C12H19N3O2/c1-10(16)9-15-12(17)7-11(8-13-15)14-5-3-2-4-6-14/h7-8,10,16H,2-6,9H2,1H3/t10-/m0/s1. The summed E-state index contributed by atoms with van der Waals surface area (Å²) in [6.45, 7) is 3.90. The first-order valence-corrected chi connectivity index (χ1v) is 6.17. The largest absolute Gasteiger partial charge is 0.391 e. The van der Waals surface area contributed by atoms with E-state index in [1.165, 1.54) is 23.9 Å². The molecule has 1 fully saturated rings. The molecule has 0 radical (unpaired) electrons. The number of nitrogens with zero attached hydrogens (tertiary/aromatic N) is 3. The van der Waals surface area contributed by atoms with Crippen LogP contribution < -0.4 is 10.5 Å². The molecule has 0 spiro atoms. The number of aliphatic hydroxyl groups is 1. The zero-order valence-corrected chi connectivity index (χ0v) is 10.2. The van der Waals surface area contributed by atoms with Crippen molar-refractivity contribution in [2.24, 2.45) is 0 Å². The van der Waals surface area contributed by atoms with E-state index in [1.807, 2.05) is 0 Å². The van der Waals surface area contributed by atoms with Crippen LogP contribution in [0.4, 0.5) is 5.69 Å². The van der Waals surface area contributed by atoms with Crippen LogP contribution in [0.5, 0.6) is 0 Å². The van der Waals surface area contributed by atoms with E-state index in [2.05, 4.69) is 10.00 Å². The van der Waals surface area contributed by atoms with Crippen molar-refractivity contribution in [1.29, 1.82) is 0 Å². The van der Waals surface area contributed by atoms with Crippen LogP contribution in [0.1, 0.15) is 26.2 Å². The quantitative estimate of drug-likeness (QED) is 0.837. The number of rotatable bonds is 3. The first-order chi connectivity index (χ1) is 8.16. The van der Waals surface area contributed by atoms with E-state index in [0.717, 1.165) is 18.8 Å². The zero-order valence-electron chi connectivity index (χ0n) is 10.2. The van der Waals surface area contributed by atoms with Gasteiger partial charge in [-0.3, -0.25) is 4.79 Å². The van der Waals surface area contributed by atoms with Gasteiger partial charge < -0.3 is 10.0 Å². The highest BCUT2D eigenvalue weighted by Gasteiger charge is 2.12. The van der Waals surface area contributed by atoms with E-state index >= 15 is 0 Å². The maximum atomic E-state index is 11.8. The van der Waals surface area contributed by atoms with Crippen molar-refractivity contribution in [2.45, 2.75) is 38.8 Å². The van der Waals surface area contributed by atoms with Crippen LogP contribution in [0, 0.1) is 0 Å². The van der Waals surface area contributed by atoms with Gasteiger partial charge in [0.25, 0.3) is 5.56 Å².